The van der Waals surface area contributed by atoms with Crippen LogP contribution in [0.3, 0.4) is 0 Å². The zero-order chi connectivity index (χ0) is 12.8. The van der Waals surface area contributed by atoms with Crippen molar-refractivity contribution >= 4 is 5.91 Å². The van der Waals surface area contributed by atoms with Gasteiger partial charge >= 0.3 is 0 Å². The molecule has 2 N–H and O–H groups in total. The normalized spacial score (nSPS) is 15.4. The number of carbonyl (C=O) groups is 1. The van der Waals surface area contributed by atoms with E-state index in [2.05, 4.69) is 20.9 Å². The lowest BCUT2D eigenvalue weighted by molar-refractivity contribution is 0.0939. The number of nitrogens with zero attached hydrogens (tertiary/aromatic N) is 3. The fraction of sp³-hybridized carbons (Fsp3) is 0.727. The van der Waals surface area contributed by atoms with E-state index in [0.29, 0.717) is 31.5 Å². The Bertz CT molecular complexity index is 389. The molecule has 7 heteroatoms. The van der Waals surface area contributed by atoms with Crippen molar-refractivity contribution in [1.29, 1.82) is 0 Å². The molecule has 2 heterocycles. The standard InChI is InChI=1S/C11H19N5O2/c1-2-18-5-3-4-13-11(17)10-8-16(15-14-10)9-6-12-7-9/h8-9,12H,2-7H2,1H3,(H,13,17). The fourth-order valence-corrected chi connectivity index (χ4v) is 1.63. The molecule has 1 fully saturated rings. The second kappa shape index (κ2) is 6.46. The Morgan fingerprint density at radius 3 is 3.17 bits per heavy atom. The van der Waals surface area contributed by atoms with Crippen LogP contribution in [-0.2, 0) is 4.74 Å². The molecule has 7 nitrogen and oxygen atoms in total. The van der Waals surface area contributed by atoms with Crippen molar-refractivity contribution in [2.75, 3.05) is 32.8 Å². The SMILES string of the molecule is CCOCCCNC(=O)c1cn(C2CNC2)nn1. The number of nitrogens with one attached hydrogen (secondary N) is 2. The van der Waals surface area contributed by atoms with Crippen LogP contribution >= 0.6 is 0 Å². The van der Waals surface area contributed by atoms with Crippen LogP contribution in [-0.4, -0.2) is 53.7 Å². The maximum Gasteiger partial charge on any atom is 0.273 e. The zero-order valence-corrected chi connectivity index (χ0v) is 10.6. The van der Waals surface area contributed by atoms with Gasteiger partial charge in [0.25, 0.3) is 5.91 Å². The molecule has 0 bridgehead atoms. The molecular weight excluding hydrogens is 234 g/mol. The van der Waals surface area contributed by atoms with E-state index < -0.39 is 0 Å². The Balaban J connectivity index is 1.72. The van der Waals surface area contributed by atoms with Gasteiger partial charge in [-0.2, -0.15) is 0 Å². The molecule has 0 atom stereocenters. The average molecular weight is 253 g/mol. The lowest BCUT2D eigenvalue weighted by Crippen LogP contribution is -2.43. The number of hydrogen-bond acceptors (Lipinski definition) is 5. The predicted molar refractivity (Wildman–Crippen MR) is 65.4 cm³/mol. The molecule has 1 aliphatic rings. The maximum atomic E-state index is 11.7. The molecule has 1 aromatic heterocycles. The van der Waals surface area contributed by atoms with Gasteiger partial charge in [-0.05, 0) is 13.3 Å². The second-order valence-electron chi connectivity index (χ2n) is 4.20. The van der Waals surface area contributed by atoms with Gasteiger partial charge in [0.1, 0.15) is 0 Å². The minimum atomic E-state index is -0.176. The van der Waals surface area contributed by atoms with Gasteiger partial charge in [-0.15, -0.1) is 5.10 Å². The highest BCUT2D eigenvalue weighted by Gasteiger charge is 2.21. The molecule has 0 unspecified atom stereocenters. The summed E-state index contributed by atoms with van der Waals surface area (Å²) in [6, 6.07) is 0.331. The Hall–Kier alpha value is -1.47. The van der Waals surface area contributed by atoms with Gasteiger partial charge < -0.3 is 15.4 Å². The van der Waals surface area contributed by atoms with Gasteiger partial charge in [-0.25, -0.2) is 4.68 Å². The molecule has 0 radical (unpaired) electrons. The summed E-state index contributed by atoms with van der Waals surface area (Å²) in [6.07, 6.45) is 2.50. The third-order valence-electron chi connectivity index (χ3n) is 2.83. The first kappa shape index (κ1) is 13.0. The predicted octanol–water partition coefficient (Wildman–Crippen LogP) is -0.421. The van der Waals surface area contributed by atoms with Gasteiger partial charge in [0.15, 0.2) is 5.69 Å². The Labute approximate surface area is 106 Å². The number of rotatable bonds is 7. The van der Waals surface area contributed by atoms with Gasteiger partial charge in [-0.1, -0.05) is 5.21 Å². The molecule has 1 aliphatic heterocycles. The average Bonchev–Trinajstić information content (AvgIpc) is 2.75. The van der Waals surface area contributed by atoms with E-state index >= 15 is 0 Å². The van der Waals surface area contributed by atoms with Crippen molar-refractivity contribution in [3.8, 4) is 0 Å². The Kier molecular flexibility index (Phi) is 4.66. The summed E-state index contributed by atoms with van der Waals surface area (Å²) in [5.41, 5.74) is 0.373. The first-order chi connectivity index (χ1) is 8.81. The molecule has 0 aromatic carbocycles. The van der Waals surface area contributed by atoms with Crippen LogP contribution in [0, 0.1) is 0 Å². The van der Waals surface area contributed by atoms with E-state index in [9.17, 15) is 4.79 Å². The first-order valence-electron chi connectivity index (χ1n) is 6.29. The van der Waals surface area contributed by atoms with E-state index in [4.69, 9.17) is 4.74 Å². The minimum absolute atomic E-state index is 0.176. The summed E-state index contributed by atoms with van der Waals surface area (Å²) < 4.78 is 6.93. The largest absolute Gasteiger partial charge is 0.382 e. The third-order valence-corrected chi connectivity index (χ3v) is 2.83. The molecule has 18 heavy (non-hydrogen) atoms. The highest BCUT2D eigenvalue weighted by Crippen LogP contribution is 2.09. The van der Waals surface area contributed by atoms with Crippen molar-refractivity contribution in [3.05, 3.63) is 11.9 Å². The molecule has 1 amide bonds. The van der Waals surface area contributed by atoms with Crippen LogP contribution < -0.4 is 10.6 Å². The van der Waals surface area contributed by atoms with E-state index in [1.165, 1.54) is 0 Å². The number of carbonyl (C=O) groups excluding carboxylic acids is 1. The van der Waals surface area contributed by atoms with Crippen LogP contribution in [0.15, 0.2) is 6.20 Å². The Morgan fingerprint density at radius 1 is 1.67 bits per heavy atom. The Morgan fingerprint density at radius 2 is 2.50 bits per heavy atom. The van der Waals surface area contributed by atoms with Crippen LogP contribution in [0.5, 0.6) is 0 Å². The molecule has 0 spiro atoms. The topological polar surface area (TPSA) is 81.1 Å². The summed E-state index contributed by atoms with van der Waals surface area (Å²) in [4.78, 5) is 11.7. The van der Waals surface area contributed by atoms with Crippen LogP contribution in [0.2, 0.25) is 0 Å². The highest BCUT2D eigenvalue weighted by atomic mass is 16.5. The summed E-state index contributed by atoms with van der Waals surface area (Å²) in [5.74, 6) is -0.176. The van der Waals surface area contributed by atoms with Gasteiger partial charge in [0.2, 0.25) is 0 Å². The zero-order valence-electron chi connectivity index (χ0n) is 10.6. The van der Waals surface area contributed by atoms with Crippen molar-refractivity contribution in [2.45, 2.75) is 19.4 Å². The minimum Gasteiger partial charge on any atom is -0.382 e. The number of aromatic nitrogens is 3. The van der Waals surface area contributed by atoms with Crippen LogP contribution in [0.1, 0.15) is 29.9 Å². The third kappa shape index (κ3) is 3.27. The summed E-state index contributed by atoms with van der Waals surface area (Å²) in [6.45, 7) is 5.69. The number of ether oxygens (including phenoxy) is 1. The maximum absolute atomic E-state index is 11.7. The molecule has 0 saturated carbocycles. The van der Waals surface area contributed by atoms with Crippen molar-refractivity contribution in [1.82, 2.24) is 25.6 Å². The quantitative estimate of drug-likeness (QED) is 0.645. The van der Waals surface area contributed by atoms with E-state index in [0.717, 1.165) is 19.5 Å². The molecule has 0 aliphatic carbocycles. The second-order valence-corrected chi connectivity index (χ2v) is 4.20. The first-order valence-corrected chi connectivity index (χ1v) is 6.29. The van der Waals surface area contributed by atoms with Crippen molar-refractivity contribution in [2.24, 2.45) is 0 Å². The molecular formula is C11H19N5O2. The van der Waals surface area contributed by atoms with Crippen molar-refractivity contribution in [3.63, 3.8) is 0 Å². The summed E-state index contributed by atoms with van der Waals surface area (Å²) >= 11 is 0. The lowest BCUT2D eigenvalue weighted by atomic mass is 10.2. The summed E-state index contributed by atoms with van der Waals surface area (Å²) in [5, 5.41) is 13.8. The van der Waals surface area contributed by atoms with Crippen molar-refractivity contribution < 1.29 is 9.53 Å². The van der Waals surface area contributed by atoms with Crippen LogP contribution in [0.25, 0.3) is 0 Å². The molecule has 2 rings (SSSR count). The van der Waals surface area contributed by atoms with E-state index in [1.54, 1.807) is 10.9 Å². The smallest absolute Gasteiger partial charge is 0.273 e. The van der Waals surface area contributed by atoms with E-state index in [-0.39, 0.29) is 5.91 Å². The van der Waals surface area contributed by atoms with Gasteiger partial charge in [-0.3, -0.25) is 4.79 Å². The highest BCUT2D eigenvalue weighted by molar-refractivity contribution is 5.91. The molecule has 1 aromatic rings. The lowest BCUT2D eigenvalue weighted by Gasteiger charge is -2.26. The number of amides is 1. The van der Waals surface area contributed by atoms with Gasteiger partial charge in [0, 0.05) is 32.8 Å². The molecule has 1 saturated heterocycles. The molecule has 100 valence electrons. The number of hydrogen-bond donors (Lipinski definition) is 2. The van der Waals surface area contributed by atoms with E-state index in [1.807, 2.05) is 6.92 Å². The fourth-order valence-electron chi connectivity index (χ4n) is 1.63. The van der Waals surface area contributed by atoms with Gasteiger partial charge in [0.05, 0.1) is 12.2 Å². The van der Waals surface area contributed by atoms with Crippen LogP contribution in [0.4, 0.5) is 0 Å². The monoisotopic (exact) mass is 253 g/mol. The summed E-state index contributed by atoms with van der Waals surface area (Å²) in [7, 11) is 0.